The Hall–Kier alpha value is -1.88. The fourth-order valence-electron chi connectivity index (χ4n) is 2.55. The van der Waals surface area contributed by atoms with Gasteiger partial charge < -0.3 is 9.88 Å². The van der Waals surface area contributed by atoms with E-state index in [0.29, 0.717) is 5.82 Å². The van der Waals surface area contributed by atoms with Crippen LogP contribution < -0.4 is 10.2 Å². The Bertz CT molecular complexity index is 613. The van der Waals surface area contributed by atoms with Gasteiger partial charge in [-0.25, -0.2) is 4.98 Å². The van der Waals surface area contributed by atoms with E-state index in [0.717, 1.165) is 30.4 Å². The van der Waals surface area contributed by atoms with Crippen molar-refractivity contribution >= 4 is 22.8 Å². The van der Waals surface area contributed by atoms with Gasteiger partial charge in [0.25, 0.3) is 0 Å². The molecule has 1 atom stereocenters. The summed E-state index contributed by atoms with van der Waals surface area (Å²) in [5.41, 5.74) is 0.900. The smallest absolute Gasteiger partial charge is 0.245 e. The monoisotopic (exact) mass is 258 g/mol. The van der Waals surface area contributed by atoms with Crippen LogP contribution in [0.15, 0.2) is 24.4 Å². The van der Waals surface area contributed by atoms with Gasteiger partial charge in [0.15, 0.2) is 0 Å². The molecule has 3 heterocycles. The van der Waals surface area contributed by atoms with Crippen LogP contribution in [0.4, 0.5) is 5.82 Å². The molecule has 19 heavy (non-hydrogen) atoms. The molecule has 0 aromatic carbocycles. The van der Waals surface area contributed by atoms with Crippen LogP contribution in [-0.2, 0) is 11.8 Å². The highest BCUT2D eigenvalue weighted by atomic mass is 16.2. The third kappa shape index (κ3) is 2.10. The lowest BCUT2D eigenvalue weighted by Gasteiger charge is -2.20. The van der Waals surface area contributed by atoms with Crippen molar-refractivity contribution in [2.75, 3.05) is 18.5 Å². The molecule has 0 radical (unpaired) electrons. The summed E-state index contributed by atoms with van der Waals surface area (Å²) in [6.45, 7) is 0.925. The minimum atomic E-state index is -0.0593. The van der Waals surface area contributed by atoms with Gasteiger partial charge in [-0.15, -0.1) is 0 Å². The van der Waals surface area contributed by atoms with Crippen LogP contribution in [0.25, 0.3) is 11.0 Å². The lowest BCUT2D eigenvalue weighted by molar-refractivity contribution is -0.120. The molecule has 1 aliphatic rings. The zero-order valence-corrected chi connectivity index (χ0v) is 11.3. The summed E-state index contributed by atoms with van der Waals surface area (Å²) >= 11 is 0. The molecule has 0 spiro atoms. The molecule has 5 heteroatoms. The number of likely N-dealkylation sites (N-methyl/N-ethyl adjacent to an activating group) is 1. The van der Waals surface area contributed by atoms with Crippen LogP contribution in [0.1, 0.15) is 12.8 Å². The van der Waals surface area contributed by atoms with Gasteiger partial charge in [0.2, 0.25) is 5.91 Å². The summed E-state index contributed by atoms with van der Waals surface area (Å²) in [6.07, 6.45) is 3.95. The Morgan fingerprint density at radius 2 is 2.32 bits per heavy atom. The van der Waals surface area contributed by atoms with Crippen LogP contribution in [0.3, 0.4) is 0 Å². The van der Waals surface area contributed by atoms with E-state index in [4.69, 9.17) is 0 Å². The SMILES string of the molecule is CN(C(=O)[C@@H]1CCCN1)c1ccc2ccn(C)c2n1. The number of pyridine rings is 1. The van der Waals surface area contributed by atoms with E-state index in [2.05, 4.69) is 10.3 Å². The van der Waals surface area contributed by atoms with E-state index in [9.17, 15) is 4.79 Å². The molecule has 2 aromatic heterocycles. The van der Waals surface area contributed by atoms with E-state index < -0.39 is 0 Å². The summed E-state index contributed by atoms with van der Waals surface area (Å²) in [6, 6.07) is 5.86. The molecule has 1 aliphatic heterocycles. The Morgan fingerprint density at radius 1 is 1.47 bits per heavy atom. The highest BCUT2D eigenvalue weighted by Gasteiger charge is 2.26. The maximum atomic E-state index is 12.3. The molecule has 100 valence electrons. The van der Waals surface area contributed by atoms with E-state index >= 15 is 0 Å². The summed E-state index contributed by atoms with van der Waals surface area (Å²) < 4.78 is 1.96. The van der Waals surface area contributed by atoms with Gasteiger partial charge in [0.05, 0.1) is 6.04 Å². The highest BCUT2D eigenvalue weighted by Crippen LogP contribution is 2.19. The molecule has 0 saturated carbocycles. The van der Waals surface area contributed by atoms with Gasteiger partial charge in [-0.1, -0.05) is 0 Å². The molecule has 0 unspecified atom stereocenters. The van der Waals surface area contributed by atoms with Gasteiger partial charge in [0, 0.05) is 25.7 Å². The second-order valence-corrected chi connectivity index (χ2v) is 5.06. The molecular formula is C14H18N4O. The van der Waals surface area contributed by atoms with Crippen molar-refractivity contribution in [3.05, 3.63) is 24.4 Å². The first-order valence-electron chi connectivity index (χ1n) is 6.60. The van der Waals surface area contributed by atoms with Crippen molar-refractivity contribution in [1.82, 2.24) is 14.9 Å². The predicted molar refractivity (Wildman–Crippen MR) is 75.1 cm³/mol. The number of rotatable bonds is 2. The van der Waals surface area contributed by atoms with Crippen molar-refractivity contribution in [3.8, 4) is 0 Å². The van der Waals surface area contributed by atoms with E-state index in [-0.39, 0.29) is 11.9 Å². The van der Waals surface area contributed by atoms with Gasteiger partial charge in [-0.3, -0.25) is 9.69 Å². The minimum Gasteiger partial charge on any atom is -0.336 e. The lowest BCUT2D eigenvalue weighted by atomic mass is 10.2. The molecule has 5 nitrogen and oxygen atoms in total. The number of hydrogen-bond donors (Lipinski definition) is 1. The average molecular weight is 258 g/mol. The highest BCUT2D eigenvalue weighted by molar-refractivity contribution is 5.96. The molecule has 0 aliphatic carbocycles. The third-order valence-electron chi connectivity index (χ3n) is 3.74. The predicted octanol–water partition coefficient (Wildman–Crippen LogP) is 1.29. The molecule has 3 rings (SSSR count). The normalized spacial score (nSPS) is 18.9. The Labute approximate surface area is 112 Å². The third-order valence-corrected chi connectivity index (χ3v) is 3.74. The Kier molecular flexibility index (Phi) is 2.98. The van der Waals surface area contributed by atoms with Crippen LogP contribution in [0.5, 0.6) is 0 Å². The first-order chi connectivity index (χ1) is 9.16. The molecule has 1 fully saturated rings. The van der Waals surface area contributed by atoms with Crippen molar-refractivity contribution in [2.45, 2.75) is 18.9 Å². The summed E-state index contributed by atoms with van der Waals surface area (Å²) in [5.74, 6) is 0.798. The van der Waals surface area contributed by atoms with Crippen molar-refractivity contribution < 1.29 is 4.79 Å². The molecule has 2 aromatic rings. The number of carbonyl (C=O) groups is 1. The second-order valence-electron chi connectivity index (χ2n) is 5.06. The molecule has 1 saturated heterocycles. The maximum Gasteiger partial charge on any atom is 0.245 e. The fourth-order valence-corrected chi connectivity index (χ4v) is 2.55. The van der Waals surface area contributed by atoms with Crippen LogP contribution in [0.2, 0.25) is 0 Å². The zero-order valence-electron chi connectivity index (χ0n) is 11.3. The van der Waals surface area contributed by atoms with Crippen LogP contribution in [0, 0.1) is 0 Å². The molecule has 1 N–H and O–H groups in total. The average Bonchev–Trinajstić information content (AvgIpc) is 3.07. The Morgan fingerprint density at radius 3 is 3.05 bits per heavy atom. The number of carbonyl (C=O) groups excluding carboxylic acids is 1. The number of hydrogen-bond acceptors (Lipinski definition) is 3. The first kappa shape index (κ1) is 12.2. The Balaban J connectivity index is 1.89. The summed E-state index contributed by atoms with van der Waals surface area (Å²) in [4.78, 5) is 18.5. The standard InChI is InChI=1S/C14H18N4O/c1-17-9-7-10-5-6-12(16-13(10)17)18(2)14(19)11-4-3-8-15-11/h5-7,9,11,15H,3-4,8H2,1-2H3/t11-/m0/s1. The van der Waals surface area contributed by atoms with E-state index in [1.54, 1.807) is 11.9 Å². The number of nitrogens with zero attached hydrogens (tertiary/aromatic N) is 3. The van der Waals surface area contributed by atoms with Crippen molar-refractivity contribution in [1.29, 1.82) is 0 Å². The lowest BCUT2D eigenvalue weighted by Crippen LogP contribution is -2.42. The number of aryl methyl sites for hydroxylation is 1. The molecular weight excluding hydrogens is 240 g/mol. The van der Waals surface area contributed by atoms with E-state index in [1.807, 2.05) is 36.0 Å². The number of anilines is 1. The number of nitrogens with one attached hydrogen (secondary N) is 1. The minimum absolute atomic E-state index is 0.0593. The number of aromatic nitrogens is 2. The molecule has 1 amide bonds. The largest absolute Gasteiger partial charge is 0.336 e. The van der Waals surface area contributed by atoms with Crippen molar-refractivity contribution in [3.63, 3.8) is 0 Å². The number of amides is 1. The fraction of sp³-hybridized carbons (Fsp3) is 0.429. The maximum absolute atomic E-state index is 12.3. The zero-order chi connectivity index (χ0) is 13.4. The van der Waals surface area contributed by atoms with Gasteiger partial charge in [-0.2, -0.15) is 0 Å². The van der Waals surface area contributed by atoms with Gasteiger partial charge in [-0.05, 0) is 37.6 Å². The quantitative estimate of drug-likeness (QED) is 0.883. The second kappa shape index (κ2) is 4.66. The van der Waals surface area contributed by atoms with Crippen LogP contribution >= 0.6 is 0 Å². The van der Waals surface area contributed by atoms with E-state index in [1.165, 1.54) is 0 Å². The van der Waals surface area contributed by atoms with Gasteiger partial charge >= 0.3 is 0 Å². The van der Waals surface area contributed by atoms with Gasteiger partial charge in [0.1, 0.15) is 11.5 Å². The number of fused-ring (bicyclic) bond motifs is 1. The molecule has 0 bridgehead atoms. The van der Waals surface area contributed by atoms with Crippen LogP contribution in [-0.4, -0.2) is 35.1 Å². The summed E-state index contributed by atoms with van der Waals surface area (Å²) in [7, 11) is 3.75. The van der Waals surface area contributed by atoms with Crippen molar-refractivity contribution in [2.24, 2.45) is 7.05 Å². The topological polar surface area (TPSA) is 50.2 Å². The first-order valence-corrected chi connectivity index (χ1v) is 6.60. The summed E-state index contributed by atoms with van der Waals surface area (Å²) in [5, 5.41) is 4.32.